The molecule has 0 atom stereocenters. The van der Waals surface area contributed by atoms with Gasteiger partial charge in [0.2, 0.25) is 5.78 Å². The van der Waals surface area contributed by atoms with Crippen LogP contribution in [0, 0.1) is 0 Å². The summed E-state index contributed by atoms with van der Waals surface area (Å²) in [5.74, 6) is 0.202. The molecular weight excluding hydrogens is 204 g/mol. The highest BCUT2D eigenvalue weighted by atomic mass is 32.1. The fraction of sp³-hybridized carbons (Fsp3) is 0.154. The molecule has 0 saturated carbocycles. The normalized spacial score (nSPS) is 14.3. The van der Waals surface area contributed by atoms with Gasteiger partial charge < -0.3 is 0 Å². The molecule has 0 N–H and O–H groups in total. The summed E-state index contributed by atoms with van der Waals surface area (Å²) in [6.45, 7) is 0. The summed E-state index contributed by atoms with van der Waals surface area (Å²) in [7, 11) is 0. The van der Waals surface area contributed by atoms with Gasteiger partial charge in [-0.25, -0.2) is 0 Å². The third-order valence-corrected chi connectivity index (χ3v) is 3.83. The quantitative estimate of drug-likeness (QED) is 0.658. The Bertz CT molecular complexity index is 525. The Morgan fingerprint density at radius 1 is 1.00 bits per heavy atom. The largest absolute Gasteiger partial charge is 0.288 e. The molecule has 0 saturated heterocycles. The highest BCUT2D eigenvalue weighted by Gasteiger charge is 2.21. The van der Waals surface area contributed by atoms with Gasteiger partial charge in [0.05, 0.1) is 4.88 Å². The van der Waals surface area contributed by atoms with E-state index in [4.69, 9.17) is 0 Å². The van der Waals surface area contributed by atoms with Crippen molar-refractivity contribution in [2.24, 2.45) is 0 Å². The maximum absolute atomic E-state index is 12.2. The molecule has 1 heterocycles. The lowest BCUT2D eigenvalue weighted by Gasteiger charge is -2.02. The monoisotopic (exact) mass is 214 g/mol. The minimum absolute atomic E-state index is 0.202. The van der Waals surface area contributed by atoms with Crippen LogP contribution in [0.4, 0.5) is 0 Å². The predicted octanol–water partition coefficient (Wildman–Crippen LogP) is 3.08. The van der Waals surface area contributed by atoms with Crippen molar-refractivity contribution in [2.75, 3.05) is 0 Å². The van der Waals surface area contributed by atoms with Gasteiger partial charge in [-0.3, -0.25) is 4.79 Å². The van der Waals surface area contributed by atoms with E-state index in [-0.39, 0.29) is 5.78 Å². The van der Waals surface area contributed by atoms with Crippen molar-refractivity contribution in [1.82, 2.24) is 0 Å². The molecule has 0 fully saturated rings. The lowest BCUT2D eigenvalue weighted by Crippen LogP contribution is -2.00. The number of carbonyl (C=O) groups is 1. The second kappa shape index (κ2) is 3.31. The smallest absolute Gasteiger partial charge is 0.203 e. The van der Waals surface area contributed by atoms with Crippen LogP contribution in [0.5, 0.6) is 0 Å². The molecule has 0 bridgehead atoms. The molecule has 0 aliphatic heterocycles. The van der Waals surface area contributed by atoms with Gasteiger partial charge in [-0.1, -0.05) is 24.3 Å². The first-order chi connectivity index (χ1) is 7.36. The van der Waals surface area contributed by atoms with Crippen molar-refractivity contribution in [3.8, 4) is 0 Å². The van der Waals surface area contributed by atoms with Gasteiger partial charge in [-0.2, -0.15) is 0 Å². The van der Waals surface area contributed by atoms with Crippen molar-refractivity contribution in [3.05, 3.63) is 57.3 Å². The second-order valence-electron chi connectivity index (χ2n) is 3.76. The molecule has 1 aromatic carbocycles. The van der Waals surface area contributed by atoms with Crippen LogP contribution in [-0.4, -0.2) is 5.78 Å². The summed E-state index contributed by atoms with van der Waals surface area (Å²) >= 11 is 1.56. The highest BCUT2D eigenvalue weighted by Crippen LogP contribution is 2.27. The van der Waals surface area contributed by atoms with Gasteiger partial charge in [0, 0.05) is 5.56 Å². The van der Waals surface area contributed by atoms with Crippen LogP contribution in [-0.2, 0) is 12.8 Å². The lowest BCUT2D eigenvalue weighted by molar-refractivity contribution is 0.104. The zero-order chi connectivity index (χ0) is 10.3. The average molecular weight is 214 g/mol. The van der Waals surface area contributed by atoms with Crippen LogP contribution in [0.2, 0.25) is 0 Å². The summed E-state index contributed by atoms with van der Waals surface area (Å²) < 4.78 is 0. The van der Waals surface area contributed by atoms with E-state index in [1.807, 2.05) is 23.6 Å². The Hall–Kier alpha value is -1.41. The average Bonchev–Trinajstić information content (AvgIpc) is 2.69. The third kappa shape index (κ3) is 1.33. The van der Waals surface area contributed by atoms with Crippen molar-refractivity contribution < 1.29 is 4.79 Å². The molecule has 74 valence electrons. The molecule has 0 amide bonds. The van der Waals surface area contributed by atoms with Gasteiger partial charge in [0.1, 0.15) is 0 Å². The summed E-state index contributed by atoms with van der Waals surface area (Å²) in [4.78, 5) is 13.1. The van der Waals surface area contributed by atoms with Crippen molar-refractivity contribution in [3.63, 3.8) is 0 Å². The molecule has 15 heavy (non-hydrogen) atoms. The molecule has 2 heteroatoms. The van der Waals surface area contributed by atoms with Gasteiger partial charge >= 0.3 is 0 Å². The van der Waals surface area contributed by atoms with Crippen LogP contribution < -0.4 is 0 Å². The number of fused-ring (bicyclic) bond motifs is 2. The maximum atomic E-state index is 12.2. The first-order valence-corrected chi connectivity index (χ1v) is 5.93. The summed E-state index contributed by atoms with van der Waals surface area (Å²) in [5, 5.41) is 2.01. The molecule has 0 spiro atoms. The Balaban J connectivity index is 2.22. The fourth-order valence-corrected chi connectivity index (χ4v) is 2.99. The van der Waals surface area contributed by atoms with E-state index in [1.165, 1.54) is 11.1 Å². The predicted molar refractivity (Wildman–Crippen MR) is 61.6 cm³/mol. The Labute approximate surface area is 92.4 Å². The number of thiophene rings is 1. The van der Waals surface area contributed by atoms with E-state index in [2.05, 4.69) is 12.1 Å². The molecular formula is C13H10OS. The number of ketones is 1. The zero-order valence-electron chi connectivity index (χ0n) is 8.19. The van der Waals surface area contributed by atoms with Crippen molar-refractivity contribution in [1.29, 1.82) is 0 Å². The minimum atomic E-state index is 0.202. The molecule has 1 nitrogen and oxygen atoms in total. The van der Waals surface area contributed by atoms with Crippen LogP contribution in [0.1, 0.15) is 26.4 Å². The van der Waals surface area contributed by atoms with Crippen LogP contribution >= 0.6 is 11.3 Å². The fourth-order valence-electron chi connectivity index (χ4n) is 2.08. The minimum Gasteiger partial charge on any atom is -0.288 e. The van der Waals surface area contributed by atoms with E-state index < -0.39 is 0 Å². The number of benzene rings is 1. The molecule has 1 aliphatic carbocycles. The lowest BCUT2D eigenvalue weighted by atomic mass is 10.0. The number of aryl methyl sites for hydroxylation is 2. The van der Waals surface area contributed by atoms with E-state index in [0.717, 1.165) is 23.3 Å². The molecule has 0 unspecified atom stereocenters. The Morgan fingerprint density at radius 2 is 1.80 bits per heavy atom. The topological polar surface area (TPSA) is 17.1 Å². The van der Waals surface area contributed by atoms with Crippen LogP contribution in [0.3, 0.4) is 0 Å². The Morgan fingerprint density at radius 3 is 2.73 bits per heavy atom. The standard InChI is InChI=1S/C13H10OS/c14-12-11-4-2-1-3-9(11)5-6-10-7-8-15-13(10)12/h1-4,7-8H,5-6H2. The molecule has 1 aromatic heterocycles. The van der Waals surface area contributed by atoms with Gasteiger partial charge in [0.25, 0.3) is 0 Å². The van der Waals surface area contributed by atoms with Gasteiger partial charge in [-0.05, 0) is 35.4 Å². The van der Waals surface area contributed by atoms with E-state index in [1.54, 1.807) is 11.3 Å². The van der Waals surface area contributed by atoms with Crippen molar-refractivity contribution in [2.45, 2.75) is 12.8 Å². The number of carbonyl (C=O) groups excluding carboxylic acids is 1. The van der Waals surface area contributed by atoms with E-state index >= 15 is 0 Å². The summed E-state index contributed by atoms with van der Waals surface area (Å²) in [6, 6.07) is 10.0. The number of hydrogen-bond donors (Lipinski definition) is 0. The molecule has 2 aromatic rings. The van der Waals surface area contributed by atoms with E-state index in [9.17, 15) is 4.79 Å². The molecule has 0 radical (unpaired) electrons. The SMILES string of the molecule is O=C1c2ccccc2CCc2ccsc21. The number of rotatable bonds is 0. The second-order valence-corrected chi connectivity index (χ2v) is 4.68. The van der Waals surface area contributed by atoms with E-state index in [0.29, 0.717) is 0 Å². The van der Waals surface area contributed by atoms with Crippen LogP contribution in [0.25, 0.3) is 0 Å². The highest BCUT2D eigenvalue weighted by molar-refractivity contribution is 7.12. The molecule has 3 rings (SSSR count). The maximum Gasteiger partial charge on any atom is 0.203 e. The van der Waals surface area contributed by atoms with Crippen molar-refractivity contribution >= 4 is 17.1 Å². The first-order valence-electron chi connectivity index (χ1n) is 5.05. The summed E-state index contributed by atoms with van der Waals surface area (Å²) in [5.41, 5.74) is 3.28. The molecule has 1 aliphatic rings. The Kier molecular flexibility index (Phi) is 1.96. The van der Waals surface area contributed by atoms with Crippen LogP contribution in [0.15, 0.2) is 35.7 Å². The third-order valence-electron chi connectivity index (χ3n) is 2.88. The zero-order valence-corrected chi connectivity index (χ0v) is 9.01. The number of hydrogen-bond acceptors (Lipinski definition) is 2. The summed E-state index contributed by atoms with van der Waals surface area (Å²) in [6.07, 6.45) is 1.97. The van der Waals surface area contributed by atoms with Gasteiger partial charge in [-0.15, -0.1) is 11.3 Å². The first kappa shape index (κ1) is 8.86. The van der Waals surface area contributed by atoms with Gasteiger partial charge in [0.15, 0.2) is 0 Å².